The number of aryl methyl sites for hydroxylation is 1. The number of para-hydroxylation sites is 1. The van der Waals surface area contributed by atoms with Crippen LogP contribution in [0, 0.1) is 6.92 Å². The van der Waals surface area contributed by atoms with Crippen molar-refractivity contribution < 1.29 is 18.0 Å². The zero-order valence-electron chi connectivity index (χ0n) is 22.2. The summed E-state index contributed by atoms with van der Waals surface area (Å²) in [4.78, 5) is 28.4. The van der Waals surface area contributed by atoms with Gasteiger partial charge in [0.15, 0.2) is 0 Å². The smallest absolute Gasteiger partial charge is 0.264 e. The third-order valence-electron chi connectivity index (χ3n) is 6.38. The number of hydrogen-bond donors (Lipinski definition) is 1. The maximum absolute atomic E-state index is 14.0. The van der Waals surface area contributed by atoms with E-state index in [9.17, 15) is 18.0 Å². The number of nitrogens with zero attached hydrogens (tertiary/aromatic N) is 2. The number of anilines is 1. The monoisotopic (exact) mass is 589 g/mol. The minimum atomic E-state index is -4.12. The van der Waals surface area contributed by atoms with Crippen LogP contribution < -0.4 is 9.62 Å². The Morgan fingerprint density at radius 2 is 1.54 bits per heavy atom. The highest BCUT2D eigenvalue weighted by Crippen LogP contribution is 2.29. The topological polar surface area (TPSA) is 86.8 Å². The molecule has 7 nitrogen and oxygen atoms in total. The number of carbonyl (C=O) groups excluding carboxylic acids is 2. The molecule has 3 rings (SSSR count). The van der Waals surface area contributed by atoms with Gasteiger partial charge in [0.05, 0.1) is 10.6 Å². The number of nitrogens with one attached hydrogen (secondary N) is 1. The minimum absolute atomic E-state index is 0.0482. The third kappa shape index (κ3) is 7.53. The van der Waals surface area contributed by atoms with Gasteiger partial charge in [-0.3, -0.25) is 13.9 Å². The van der Waals surface area contributed by atoms with Gasteiger partial charge < -0.3 is 10.2 Å². The molecule has 0 saturated carbocycles. The first-order valence-electron chi connectivity index (χ1n) is 12.7. The summed E-state index contributed by atoms with van der Waals surface area (Å²) in [6.07, 6.45) is 1.69. The van der Waals surface area contributed by atoms with Crippen molar-refractivity contribution in [3.63, 3.8) is 0 Å². The van der Waals surface area contributed by atoms with Crippen molar-refractivity contribution in [1.29, 1.82) is 0 Å². The summed E-state index contributed by atoms with van der Waals surface area (Å²) < 4.78 is 28.7. The van der Waals surface area contributed by atoms with Crippen LogP contribution in [0.2, 0.25) is 10.0 Å². The standard InChI is InChI=1S/C29H33Cl2N3O4S/c1-4-5-18-32-29(36)22(3)33(19-24-25(30)15-11-16-26(24)31)28(35)20-34(27-17-10-9-12-21(27)2)39(37,38)23-13-7-6-8-14-23/h6-17,22H,4-5,18-20H2,1-3H3,(H,32,36)/t22-/m0/s1. The van der Waals surface area contributed by atoms with Crippen LogP contribution in [-0.2, 0) is 26.2 Å². The summed E-state index contributed by atoms with van der Waals surface area (Å²) in [5.41, 5.74) is 1.51. The Labute approximate surface area is 240 Å². The Morgan fingerprint density at radius 1 is 0.923 bits per heavy atom. The quantitative estimate of drug-likeness (QED) is 0.269. The van der Waals surface area contributed by atoms with Crippen LogP contribution in [0.15, 0.2) is 77.7 Å². The number of amides is 2. The second-order valence-corrected chi connectivity index (χ2v) is 11.8. The molecule has 0 radical (unpaired) electrons. The lowest BCUT2D eigenvalue weighted by Gasteiger charge is -2.32. The number of benzene rings is 3. The number of rotatable bonds is 12. The number of unbranched alkanes of at least 4 members (excludes halogenated alkanes) is 1. The molecule has 0 aliphatic heterocycles. The second kappa shape index (κ2) is 13.8. The first-order valence-corrected chi connectivity index (χ1v) is 14.9. The summed E-state index contributed by atoms with van der Waals surface area (Å²) >= 11 is 12.8. The van der Waals surface area contributed by atoms with E-state index in [2.05, 4.69) is 5.32 Å². The highest BCUT2D eigenvalue weighted by atomic mass is 35.5. The van der Waals surface area contributed by atoms with E-state index in [4.69, 9.17) is 23.2 Å². The highest BCUT2D eigenvalue weighted by Gasteiger charge is 2.33. The first-order chi connectivity index (χ1) is 18.6. The first kappa shape index (κ1) is 30.5. The van der Waals surface area contributed by atoms with Gasteiger partial charge in [0.2, 0.25) is 11.8 Å². The van der Waals surface area contributed by atoms with E-state index in [-0.39, 0.29) is 17.3 Å². The predicted molar refractivity (Wildman–Crippen MR) is 157 cm³/mol. The molecule has 0 aliphatic rings. The number of hydrogen-bond acceptors (Lipinski definition) is 4. The van der Waals surface area contributed by atoms with Gasteiger partial charge in [0, 0.05) is 28.7 Å². The average molecular weight is 591 g/mol. The summed E-state index contributed by atoms with van der Waals surface area (Å²) in [6.45, 7) is 5.25. The van der Waals surface area contributed by atoms with Crippen LogP contribution in [0.1, 0.15) is 37.8 Å². The van der Waals surface area contributed by atoms with Crippen LogP contribution >= 0.6 is 23.2 Å². The van der Waals surface area contributed by atoms with Gasteiger partial charge in [-0.25, -0.2) is 8.42 Å². The third-order valence-corrected chi connectivity index (χ3v) is 8.86. The molecule has 10 heteroatoms. The van der Waals surface area contributed by atoms with Crippen LogP contribution in [-0.4, -0.2) is 44.3 Å². The van der Waals surface area contributed by atoms with Crippen molar-refractivity contribution in [2.75, 3.05) is 17.4 Å². The lowest BCUT2D eigenvalue weighted by atomic mass is 10.1. The Morgan fingerprint density at radius 3 is 2.15 bits per heavy atom. The Balaban J connectivity index is 2.04. The molecule has 3 aromatic rings. The van der Waals surface area contributed by atoms with E-state index in [1.165, 1.54) is 17.0 Å². The van der Waals surface area contributed by atoms with Crippen molar-refractivity contribution >= 4 is 50.7 Å². The summed E-state index contributed by atoms with van der Waals surface area (Å²) in [6, 6.07) is 18.9. The fourth-order valence-corrected chi connectivity index (χ4v) is 6.07. The number of sulfonamides is 1. The van der Waals surface area contributed by atoms with Gasteiger partial charge >= 0.3 is 0 Å². The molecular formula is C29H33Cl2N3O4S. The fourth-order valence-electron chi connectivity index (χ4n) is 4.05. The van der Waals surface area contributed by atoms with Gasteiger partial charge in [-0.05, 0) is 56.2 Å². The molecule has 2 amide bonds. The molecule has 0 aromatic heterocycles. The molecular weight excluding hydrogens is 557 g/mol. The molecule has 0 saturated heterocycles. The van der Waals surface area contributed by atoms with Crippen molar-refractivity contribution in [3.05, 3.63) is 94.0 Å². The SMILES string of the molecule is CCCCNC(=O)[C@H](C)N(Cc1c(Cl)cccc1Cl)C(=O)CN(c1ccccc1C)S(=O)(=O)c1ccccc1. The molecule has 39 heavy (non-hydrogen) atoms. The number of halogens is 2. The Hall–Kier alpha value is -3.07. The zero-order chi connectivity index (χ0) is 28.6. The van der Waals surface area contributed by atoms with E-state index < -0.39 is 28.5 Å². The van der Waals surface area contributed by atoms with Crippen LogP contribution in [0.5, 0.6) is 0 Å². The van der Waals surface area contributed by atoms with Gasteiger partial charge in [-0.1, -0.05) is 79.0 Å². The molecule has 1 N–H and O–H groups in total. The predicted octanol–water partition coefficient (Wildman–Crippen LogP) is 5.83. The molecule has 0 bridgehead atoms. The fraction of sp³-hybridized carbons (Fsp3) is 0.310. The second-order valence-electron chi connectivity index (χ2n) is 9.15. The normalized spacial score (nSPS) is 12.0. The molecule has 1 atom stereocenters. The zero-order valence-corrected chi connectivity index (χ0v) is 24.6. The van der Waals surface area contributed by atoms with Crippen LogP contribution in [0.3, 0.4) is 0 Å². The van der Waals surface area contributed by atoms with Crippen molar-refractivity contribution in [1.82, 2.24) is 10.2 Å². The summed E-state index contributed by atoms with van der Waals surface area (Å²) in [5, 5.41) is 3.53. The van der Waals surface area contributed by atoms with Gasteiger partial charge in [-0.2, -0.15) is 0 Å². The Kier molecular flexibility index (Phi) is 10.8. The molecule has 0 heterocycles. The molecule has 0 unspecified atom stereocenters. The van der Waals surface area contributed by atoms with Crippen molar-refractivity contribution in [2.24, 2.45) is 0 Å². The maximum atomic E-state index is 14.0. The van der Waals surface area contributed by atoms with E-state index in [0.29, 0.717) is 33.4 Å². The summed E-state index contributed by atoms with van der Waals surface area (Å²) in [5.74, 6) is -0.930. The average Bonchev–Trinajstić information content (AvgIpc) is 2.92. The Bertz CT molecular complexity index is 1380. The molecule has 0 spiro atoms. The van der Waals surface area contributed by atoms with Crippen LogP contribution in [0.25, 0.3) is 0 Å². The van der Waals surface area contributed by atoms with E-state index in [1.54, 1.807) is 74.5 Å². The maximum Gasteiger partial charge on any atom is 0.264 e. The van der Waals surface area contributed by atoms with Gasteiger partial charge in [0.25, 0.3) is 10.0 Å². The molecule has 0 aliphatic carbocycles. The van der Waals surface area contributed by atoms with Gasteiger partial charge in [0.1, 0.15) is 12.6 Å². The molecule has 0 fully saturated rings. The largest absolute Gasteiger partial charge is 0.354 e. The highest BCUT2D eigenvalue weighted by molar-refractivity contribution is 7.92. The van der Waals surface area contributed by atoms with Gasteiger partial charge in [-0.15, -0.1) is 0 Å². The van der Waals surface area contributed by atoms with Crippen LogP contribution in [0.4, 0.5) is 5.69 Å². The molecule has 3 aromatic carbocycles. The minimum Gasteiger partial charge on any atom is -0.354 e. The number of carbonyl (C=O) groups is 2. The summed E-state index contributed by atoms with van der Waals surface area (Å²) in [7, 11) is -4.12. The lowest BCUT2D eigenvalue weighted by molar-refractivity contribution is -0.139. The lowest BCUT2D eigenvalue weighted by Crippen LogP contribution is -2.51. The van der Waals surface area contributed by atoms with Crippen molar-refractivity contribution in [2.45, 2.75) is 51.1 Å². The van der Waals surface area contributed by atoms with Crippen molar-refractivity contribution in [3.8, 4) is 0 Å². The van der Waals surface area contributed by atoms with E-state index >= 15 is 0 Å². The molecule has 208 valence electrons. The van der Waals surface area contributed by atoms with E-state index in [1.807, 2.05) is 6.92 Å². The van der Waals surface area contributed by atoms with E-state index in [0.717, 1.165) is 17.1 Å².